The van der Waals surface area contributed by atoms with Crippen molar-refractivity contribution in [2.75, 3.05) is 19.6 Å². The van der Waals surface area contributed by atoms with Gasteiger partial charge in [-0.25, -0.2) is 4.39 Å². The number of ketones is 1. The van der Waals surface area contributed by atoms with Crippen molar-refractivity contribution < 1.29 is 58.5 Å². The summed E-state index contributed by atoms with van der Waals surface area (Å²) in [4.78, 5) is 40.9. The minimum atomic E-state index is -1.92. The number of carbonyl (C=O) groups is 3. The van der Waals surface area contributed by atoms with Gasteiger partial charge in [0.2, 0.25) is 0 Å². The fourth-order valence-electron chi connectivity index (χ4n) is 13.2. The van der Waals surface area contributed by atoms with Crippen LogP contribution in [0.2, 0.25) is 0 Å². The van der Waals surface area contributed by atoms with E-state index in [-0.39, 0.29) is 50.0 Å². The molecule has 18 atom stereocenters. The summed E-state index contributed by atoms with van der Waals surface area (Å²) in [6.45, 7) is 17.1. The van der Waals surface area contributed by atoms with E-state index >= 15 is 4.39 Å². The average molecular weight is 926 g/mol. The third-order valence-corrected chi connectivity index (χ3v) is 18.1. The van der Waals surface area contributed by atoms with Crippen LogP contribution in [0.1, 0.15) is 139 Å². The van der Waals surface area contributed by atoms with E-state index in [4.69, 9.17) is 25.8 Å². The summed E-state index contributed by atoms with van der Waals surface area (Å²) < 4.78 is 34.5. The Morgan fingerprint density at radius 3 is 2.39 bits per heavy atom. The Balaban J connectivity index is 1.17. The number of hydrogen-bond acceptors (Lipinski definition) is 12. The van der Waals surface area contributed by atoms with Gasteiger partial charge in [-0.2, -0.15) is 0 Å². The summed E-state index contributed by atoms with van der Waals surface area (Å²) in [7, 11) is 0. The highest BCUT2D eigenvalue weighted by Gasteiger charge is 2.75. The molecule has 3 unspecified atom stereocenters. The second-order valence-electron chi connectivity index (χ2n) is 21.4. The maximum atomic E-state index is 16.0. The number of aliphatic hydroxyl groups is 5. The molecule has 0 aromatic rings. The molecule has 6 N–H and O–H groups in total. The van der Waals surface area contributed by atoms with Gasteiger partial charge in [-0.3, -0.25) is 19.3 Å². The topological polar surface area (TPSA) is 195 Å². The molecule has 2 heterocycles. The smallest absolute Gasteiger partial charge is 0.309 e. The number of esters is 1. The average Bonchev–Trinajstić information content (AvgIpc) is 3.44. The minimum absolute atomic E-state index is 0.00236. The van der Waals surface area contributed by atoms with Crippen LogP contribution in [0.3, 0.4) is 0 Å². The van der Waals surface area contributed by atoms with Crippen LogP contribution < -0.4 is 5.32 Å². The molecule has 0 bridgehead atoms. The van der Waals surface area contributed by atoms with Gasteiger partial charge in [0.15, 0.2) is 17.7 Å². The summed E-state index contributed by atoms with van der Waals surface area (Å²) in [6.07, 6.45) is 2.16. The molecule has 6 aliphatic rings. The lowest BCUT2D eigenvalue weighted by molar-refractivity contribution is -0.236. The first-order valence-corrected chi connectivity index (χ1v) is 24.6. The molecular weight excluding hydrogens is 847 g/mol. The van der Waals surface area contributed by atoms with E-state index in [1.807, 2.05) is 18.7 Å². The Bertz CT molecular complexity index is 1780. The second kappa shape index (κ2) is 19.5. The van der Waals surface area contributed by atoms with Crippen LogP contribution in [0.15, 0.2) is 23.6 Å². The number of alkyl halides is 1. The molecule has 13 nitrogen and oxygen atoms in total. The van der Waals surface area contributed by atoms with Crippen molar-refractivity contribution in [3.63, 3.8) is 0 Å². The van der Waals surface area contributed by atoms with Gasteiger partial charge in [0.05, 0.1) is 35.2 Å². The minimum Gasteiger partial charge on any atom is -0.459 e. The third-order valence-electron chi connectivity index (χ3n) is 17.2. The van der Waals surface area contributed by atoms with Gasteiger partial charge in [0.1, 0.15) is 23.6 Å². The number of rotatable bonds is 8. The lowest BCUT2D eigenvalue weighted by atomic mass is 9.46. The van der Waals surface area contributed by atoms with Gasteiger partial charge >= 0.3 is 5.97 Å². The number of nitrogens with zero attached hydrogens (tertiary/aromatic N) is 1. The zero-order valence-corrected chi connectivity index (χ0v) is 40.4. The zero-order valence-electron chi connectivity index (χ0n) is 39.7. The van der Waals surface area contributed by atoms with Crippen LogP contribution in [0.4, 0.5) is 4.39 Å². The lowest BCUT2D eigenvalue weighted by Crippen LogP contribution is -2.69. The summed E-state index contributed by atoms with van der Waals surface area (Å²) in [5.41, 5.74) is -5.72. The maximum Gasteiger partial charge on any atom is 0.309 e. The van der Waals surface area contributed by atoms with Crippen molar-refractivity contribution in [3.8, 4) is 0 Å². The maximum absolute atomic E-state index is 16.0. The van der Waals surface area contributed by atoms with Gasteiger partial charge in [-0.05, 0) is 127 Å². The number of nitrogens with one attached hydrogen (secondary N) is 1. The van der Waals surface area contributed by atoms with Gasteiger partial charge < -0.3 is 45.1 Å². The first-order chi connectivity index (χ1) is 29.9. The van der Waals surface area contributed by atoms with E-state index in [0.717, 1.165) is 12.8 Å². The number of aliphatic hydroxyl groups excluding tert-OH is 3. The van der Waals surface area contributed by atoms with Crippen molar-refractivity contribution in [2.45, 2.75) is 204 Å². The van der Waals surface area contributed by atoms with Crippen LogP contribution in [0.25, 0.3) is 0 Å². The number of ether oxygens (including phenoxy) is 3. The van der Waals surface area contributed by atoms with E-state index < -0.39 is 111 Å². The van der Waals surface area contributed by atoms with E-state index in [9.17, 15) is 39.9 Å². The third kappa shape index (κ3) is 9.04. The highest BCUT2D eigenvalue weighted by Crippen LogP contribution is 2.71. The molecule has 2 aliphatic heterocycles. The number of carbonyl (C=O) groups excluding carboxylic acids is 3. The molecule has 4 aliphatic carbocycles. The highest BCUT2D eigenvalue weighted by atomic mass is 35.5. The van der Waals surface area contributed by atoms with Crippen LogP contribution in [0, 0.1) is 40.4 Å². The monoisotopic (exact) mass is 925 g/mol. The number of amides is 1. The Labute approximate surface area is 384 Å². The molecule has 15 heteroatoms. The Kier molecular flexibility index (Phi) is 15.7. The first kappa shape index (κ1) is 51.4. The fourth-order valence-corrected chi connectivity index (χ4v) is 13.7. The Hall–Kier alpha value is -2.01. The Morgan fingerprint density at radius 2 is 1.72 bits per heavy atom. The lowest BCUT2D eigenvalue weighted by Gasteiger charge is -2.63. The molecule has 4 fully saturated rings. The van der Waals surface area contributed by atoms with E-state index in [0.29, 0.717) is 57.2 Å². The van der Waals surface area contributed by atoms with E-state index in [1.165, 1.54) is 13.0 Å². The van der Waals surface area contributed by atoms with Crippen molar-refractivity contribution in [1.82, 2.24) is 10.2 Å². The van der Waals surface area contributed by atoms with Crippen LogP contribution in [-0.4, -0.2) is 133 Å². The second-order valence-corrected chi connectivity index (χ2v) is 22.0. The SMILES string of the molecule is CC[C@H]1OC(=O)[C@H](C)C[C@H](C)C(O[C@H]2CCC[C@@H](C)O2)[C@H](O)CCCN(CCCNC(=O)[C@@]2(O)[C@H](C)CC3C4CC(F)=C5CC(=O)C=C[C@]5(C)[C@@]4(Cl)[C@@H](O)C[C@@]32C)[C@H](C)[C@@H](O)[C@]1(C)O. The van der Waals surface area contributed by atoms with Crippen LogP contribution in [0.5, 0.6) is 0 Å². The van der Waals surface area contributed by atoms with Crippen molar-refractivity contribution >= 4 is 29.3 Å². The fraction of sp³-hybridized carbons (Fsp3) is 0.857. The summed E-state index contributed by atoms with van der Waals surface area (Å²) in [5.74, 6) is -4.14. The summed E-state index contributed by atoms with van der Waals surface area (Å²) in [5, 5.41) is 62.9. The molecular formula is C49H78ClFN2O11. The van der Waals surface area contributed by atoms with Crippen LogP contribution in [-0.2, 0) is 28.6 Å². The molecule has 64 heavy (non-hydrogen) atoms. The molecule has 6 rings (SSSR count). The van der Waals surface area contributed by atoms with Gasteiger partial charge in [0, 0.05) is 42.8 Å². The molecule has 0 radical (unpaired) electrons. The molecule has 0 aromatic heterocycles. The van der Waals surface area contributed by atoms with Crippen LogP contribution >= 0.6 is 11.6 Å². The molecule has 2 saturated carbocycles. The van der Waals surface area contributed by atoms with Crippen molar-refractivity contribution in [1.29, 1.82) is 0 Å². The van der Waals surface area contributed by atoms with Gasteiger partial charge in [-0.15, -0.1) is 11.6 Å². The number of hydrogen-bond donors (Lipinski definition) is 6. The first-order valence-electron chi connectivity index (χ1n) is 24.2. The molecule has 364 valence electrons. The summed E-state index contributed by atoms with van der Waals surface area (Å²) >= 11 is 7.51. The quantitative estimate of drug-likeness (QED) is 0.0998. The molecule has 0 aromatic carbocycles. The van der Waals surface area contributed by atoms with Crippen molar-refractivity contribution in [2.24, 2.45) is 40.4 Å². The summed E-state index contributed by atoms with van der Waals surface area (Å²) in [6, 6.07) is -0.649. The van der Waals surface area contributed by atoms with E-state index in [2.05, 4.69) is 5.32 Å². The largest absolute Gasteiger partial charge is 0.459 e. The molecule has 0 spiro atoms. The predicted octanol–water partition coefficient (Wildman–Crippen LogP) is 5.65. The number of halogens is 2. The number of fused-ring (bicyclic) bond motifs is 5. The standard InChI is InChI=1S/C49H78ClFN2O11/c1-10-39-47(9,60)42(57)31(6)53(20-12-15-37(55)41(27(2)22-28(3)43(58)63-39)64-40-16-11-14-30(5)62-40)21-13-19-52-44(59)49(61)29(4)23-33-34-25-36(51)35-24-32(54)17-18-45(35,7)48(34,50)38(56)26-46(33,49)8/h17-18,27-31,33-34,37-42,55-57,60-61H,10-16,19-26H2,1-9H3,(H,52,59)/t27-,28+,29+,30+,31+,33?,34?,37+,38-,39+,40-,41?,42+,45-,46-,47+,48-,49-/m0/s1. The Morgan fingerprint density at radius 1 is 1.02 bits per heavy atom. The molecule has 2 saturated heterocycles. The molecule has 1 amide bonds. The van der Waals surface area contributed by atoms with Crippen molar-refractivity contribution in [3.05, 3.63) is 23.6 Å². The number of allylic oxidation sites excluding steroid dienone is 4. The van der Waals surface area contributed by atoms with Gasteiger partial charge in [-0.1, -0.05) is 47.6 Å². The zero-order chi connectivity index (χ0) is 47.3. The van der Waals surface area contributed by atoms with E-state index in [1.54, 1.807) is 47.6 Å². The normalized spacial score (nSPS) is 47.5. The highest BCUT2D eigenvalue weighted by molar-refractivity contribution is 6.26. The number of cyclic esters (lactones) is 1. The predicted molar refractivity (Wildman–Crippen MR) is 239 cm³/mol. The van der Waals surface area contributed by atoms with Gasteiger partial charge in [0.25, 0.3) is 5.91 Å².